The molecule has 0 aliphatic heterocycles. The molecule has 1 atom stereocenters. The smallest absolute Gasteiger partial charge is 0.253 e. The number of halogens is 1. The number of anilines is 1. The lowest BCUT2D eigenvalue weighted by Gasteiger charge is -2.14. The Morgan fingerprint density at radius 3 is 2.50 bits per heavy atom. The van der Waals surface area contributed by atoms with Gasteiger partial charge < -0.3 is 20.7 Å². The van der Waals surface area contributed by atoms with E-state index in [9.17, 15) is 9.59 Å². The first-order valence-corrected chi connectivity index (χ1v) is 6.80. The van der Waals surface area contributed by atoms with E-state index in [0.29, 0.717) is 29.8 Å². The molecule has 22 heavy (non-hydrogen) atoms. The third-order valence-corrected chi connectivity index (χ3v) is 2.95. The van der Waals surface area contributed by atoms with Crippen LogP contribution in [0.25, 0.3) is 0 Å². The average molecular weight is 330 g/mol. The first-order chi connectivity index (χ1) is 9.85. The minimum absolute atomic E-state index is 0. The Balaban J connectivity index is 0.00000441. The van der Waals surface area contributed by atoms with Crippen LogP contribution in [0, 0.1) is 0 Å². The number of carbonyl (C=O) groups excluding carboxylic acids is 2. The molecule has 3 N–H and O–H groups in total. The summed E-state index contributed by atoms with van der Waals surface area (Å²) in [5, 5.41) is 2.76. The highest BCUT2D eigenvalue weighted by molar-refractivity contribution is 5.98. The number of hydrogen-bond donors (Lipinski definition) is 2. The van der Waals surface area contributed by atoms with E-state index < -0.39 is 0 Å². The standard InChI is InChI=1S/C15H23N3O3.ClH/c1-10(16)5-8-14(19)17-12-9-11(15(20)18(2)3)6-7-13(12)21-4;/h6-7,9-10H,5,8,16H2,1-4H3,(H,17,19);1H. The molecule has 0 heterocycles. The van der Waals surface area contributed by atoms with E-state index in [1.807, 2.05) is 6.92 Å². The van der Waals surface area contributed by atoms with Gasteiger partial charge in [0.2, 0.25) is 5.91 Å². The number of rotatable bonds is 6. The van der Waals surface area contributed by atoms with Crippen molar-refractivity contribution in [3.8, 4) is 5.75 Å². The van der Waals surface area contributed by atoms with Crippen LogP contribution in [0.5, 0.6) is 5.75 Å². The molecular weight excluding hydrogens is 306 g/mol. The number of hydrogen-bond acceptors (Lipinski definition) is 4. The summed E-state index contributed by atoms with van der Waals surface area (Å²) in [5.41, 5.74) is 6.61. The molecule has 2 amide bonds. The quantitative estimate of drug-likeness (QED) is 0.834. The number of nitrogens with two attached hydrogens (primary N) is 1. The van der Waals surface area contributed by atoms with Gasteiger partial charge in [-0.25, -0.2) is 0 Å². The largest absolute Gasteiger partial charge is 0.495 e. The molecule has 1 aromatic carbocycles. The fourth-order valence-corrected chi connectivity index (χ4v) is 1.77. The van der Waals surface area contributed by atoms with Gasteiger partial charge in [0, 0.05) is 32.1 Å². The van der Waals surface area contributed by atoms with Crippen LogP contribution >= 0.6 is 12.4 Å². The van der Waals surface area contributed by atoms with E-state index in [-0.39, 0.29) is 30.3 Å². The van der Waals surface area contributed by atoms with E-state index in [2.05, 4.69) is 5.32 Å². The van der Waals surface area contributed by atoms with Gasteiger partial charge in [-0.05, 0) is 31.5 Å². The first kappa shape index (κ1) is 20.2. The van der Waals surface area contributed by atoms with Crippen molar-refractivity contribution in [1.29, 1.82) is 0 Å². The third-order valence-electron chi connectivity index (χ3n) is 2.95. The molecule has 7 heteroatoms. The summed E-state index contributed by atoms with van der Waals surface area (Å²) in [4.78, 5) is 25.3. The second-order valence-corrected chi connectivity index (χ2v) is 5.18. The van der Waals surface area contributed by atoms with Crippen molar-refractivity contribution in [3.05, 3.63) is 23.8 Å². The predicted octanol–water partition coefficient (Wildman–Crippen LogP) is 1.88. The fourth-order valence-electron chi connectivity index (χ4n) is 1.77. The van der Waals surface area contributed by atoms with Crippen molar-refractivity contribution >= 4 is 29.9 Å². The SMILES string of the molecule is COc1ccc(C(=O)N(C)C)cc1NC(=O)CCC(C)N.Cl. The Hall–Kier alpha value is -1.79. The highest BCUT2D eigenvalue weighted by atomic mass is 35.5. The molecular formula is C15H24ClN3O3. The Labute approximate surface area is 137 Å². The van der Waals surface area contributed by atoms with Gasteiger partial charge in [0.15, 0.2) is 0 Å². The summed E-state index contributed by atoms with van der Waals surface area (Å²) in [6, 6.07) is 4.92. The van der Waals surface area contributed by atoms with Gasteiger partial charge in [-0.2, -0.15) is 0 Å². The minimum atomic E-state index is -0.153. The maximum atomic E-state index is 12.0. The minimum Gasteiger partial charge on any atom is -0.495 e. The summed E-state index contributed by atoms with van der Waals surface area (Å²) in [6.45, 7) is 1.85. The number of methoxy groups -OCH3 is 1. The van der Waals surface area contributed by atoms with Crippen molar-refractivity contribution in [2.45, 2.75) is 25.8 Å². The lowest BCUT2D eigenvalue weighted by atomic mass is 10.1. The molecule has 0 aliphatic rings. The van der Waals surface area contributed by atoms with Gasteiger partial charge in [-0.1, -0.05) is 0 Å². The third kappa shape index (κ3) is 5.91. The highest BCUT2D eigenvalue weighted by Gasteiger charge is 2.13. The van der Waals surface area contributed by atoms with E-state index in [1.165, 1.54) is 12.0 Å². The molecule has 1 unspecified atom stereocenters. The van der Waals surface area contributed by atoms with E-state index in [1.54, 1.807) is 32.3 Å². The van der Waals surface area contributed by atoms with E-state index in [0.717, 1.165) is 0 Å². The molecule has 0 saturated carbocycles. The van der Waals surface area contributed by atoms with Crippen molar-refractivity contribution in [2.24, 2.45) is 5.73 Å². The molecule has 1 rings (SSSR count). The topological polar surface area (TPSA) is 84.7 Å². The maximum absolute atomic E-state index is 12.0. The zero-order valence-electron chi connectivity index (χ0n) is 13.4. The molecule has 0 saturated heterocycles. The summed E-state index contributed by atoms with van der Waals surface area (Å²) in [7, 11) is 4.86. The number of nitrogens with one attached hydrogen (secondary N) is 1. The second kappa shape index (κ2) is 9.27. The number of ether oxygens (including phenoxy) is 1. The highest BCUT2D eigenvalue weighted by Crippen LogP contribution is 2.26. The van der Waals surface area contributed by atoms with Gasteiger partial charge in [0.05, 0.1) is 12.8 Å². The monoisotopic (exact) mass is 329 g/mol. The average Bonchev–Trinajstić information content (AvgIpc) is 2.44. The lowest BCUT2D eigenvalue weighted by Crippen LogP contribution is -2.22. The van der Waals surface area contributed by atoms with E-state index in [4.69, 9.17) is 10.5 Å². The molecule has 0 bridgehead atoms. The molecule has 0 aliphatic carbocycles. The second-order valence-electron chi connectivity index (χ2n) is 5.18. The predicted molar refractivity (Wildman–Crippen MR) is 89.8 cm³/mol. The molecule has 0 spiro atoms. The Bertz CT molecular complexity index is 519. The van der Waals surface area contributed by atoms with Gasteiger partial charge in [-0.3, -0.25) is 9.59 Å². The Kier molecular flexibility index (Phi) is 8.52. The van der Waals surface area contributed by atoms with Crippen LogP contribution in [0.3, 0.4) is 0 Å². The molecule has 6 nitrogen and oxygen atoms in total. The van der Waals surface area contributed by atoms with Crippen LogP contribution in [0.1, 0.15) is 30.1 Å². The van der Waals surface area contributed by atoms with Crippen molar-refractivity contribution in [3.63, 3.8) is 0 Å². The number of carbonyl (C=O) groups is 2. The van der Waals surface area contributed by atoms with Crippen LogP contribution in [-0.4, -0.2) is 44.0 Å². The number of amides is 2. The summed E-state index contributed by atoms with van der Waals surface area (Å²) >= 11 is 0. The van der Waals surface area contributed by atoms with Crippen LogP contribution in [0.15, 0.2) is 18.2 Å². The Morgan fingerprint density at radius 1 is 1.36 bits per heavy atom. The molecule has 0 radical (unpaired) electrons. The number of nitrogens with zero attached hydrogens (tertiary/aromatic N) is 1. The fraction of sp³-hybridized carbons (Fsp3) is 0.467. The van der Waals surface area contributed by atoms with Gasteiger partial charge >= 0.3 is 0 Å². The zero-order valence-corrected chi connectivity index (χ0v) is 14.2. The zero-order chi connectivity index (χ0) is 16.0. The van der Waals surface area contributed by atoms with Gasteiger partial charge in [0.1, 0.15) is 5.75 Å². The van der Waals surface area contributed by atoms with Crippen LogP contribution in [0.2, 0.25) is 0 Å². The van der Waals surface area contributed by atoms with Crippen molar-refractivity contribution in [2.75, 3.05) is 26.5 Å². The van der Waals surface area contributed by atoms with Crippen LogP contribution < -0.4 is 15.8 Å². The summed E-state index contributed by atoms with van der Waals surface area (Å²) < 4.78 is 5.20. The van der Waals surface area contributed by atoms with Crippen molar-refractivity contribution < 1.29 is 14.3 Å². The van der Waals surface area contributed by atoms with Gasteiger partial charge in [0.25, 0.3) is 5.91 Å². The lowest BCUT2D eigenvalue weighted by molar-refractivity contribution is -0.116. The maximum Gasteiger partial charge on any atom is 0.253 e. The summed E-state index contributed by atoms with van der Waals surface area (Å²) in [6.07, 6.45) is 0.928. The van der Waals surface area contributed by atoms with Crippen LogP contribution in [-0.2, 0) is 4.79 Å². The normalized spacial score (nSPS) is 11.1. The number of benzene rings is 1. The first-order valence-electron chi connectivity index (χ1n) is 6.80. The molecule has 124 valence electrons. The van der Waals surface area contributed by atoms with Gasteiger partial charge in [-0.15, -0.1) is 12.4 Å². The Morgan fingerprint density at radius 2 is 2.00 bits per heavy atom. The van der Waals surface area contributed by atoms with E-state index >= 15 is 0 Å². The van der Waals surface area contributed by atoms with Crippen LogP contribution in [0.4, 0.5) is 5.69 Å². The molecule has 0 aromatic heterocycles. The van der Waals surface area contributed by atoms with Crippen molar-refractivity contribution in [1.82, 2.24) is 4.90 Å². The summed E-state index contributed by atoms with van der Waals surface area (Å²) in [5.74, 6) is 0.225. The molecule has 0 fully saturated rings. The molecule has 1 aromatic rings.